The number of methoxy groups -OCH3 is 1. The van der Waals surface area contributed by atoms with E-state index in [1.165, 1.54) is 0 Å². The fraction of sp³-hybridized carbons (Fsp3) is 0.350. The molecule has 0 saturated carbocycles. The van der Waals surface area contributed by atoms with Crippen LogP contribution in [0.5, 0.6) is 5.75 Å². The molecule has 0 bridgehead atoms. The average molecular weight is 327 g/mol. The maximum absolute atomic E-state index is 11.4. The van der Waals surface area contributed by atoms with Gasteiger partial charge in [-0.2, -0.15) is 0 Å². The van der Waals surface area contributed by atoms with E-state index in [0.717, 1.165) is 22.4 Å². The van der Waals surface area contributed by atoms with Gasteiger partial charge in [-0.25, -0.2) is 0 Å². The molecule has 24 heavy (non-hydrogen) atoms. The lowest BCUT2D eigenvalue weighted by Crippen LogP contribution is -2.37. The smallest absolute Gasteiger partial charge is 0.320 e. The predicted octanol–water partition coefficient (Wildman–Crippen LogP) is 3.95. The van der Waals surface area contributed by atoms with Crippen LogP contribution in [0.2, 0.25) is 0 Å². The summed E-state index contributed by atoms with van der Waals surface area (Å²) in [5.41, 5.74) is 3.15. The molecule has 2 N–H and O–H groups in total. The van der Waals surface area contributed by atoms with Crippen LogP contribution in [-0.2, 0) is 11.3 Å². The third-order valence-corrected chi connectivity index (χ3v) is 3.94. The Labute approximate surface area is 143 Å². The van der Waals surface area contributed by atoms with Crippen molar-refractivity contribution in [1.29, 1.82) is 0 Å². The predicted molar refractivity (Wildman–Crippen MR) is 96.1 cm³/mol. The van der Waals surface area contributed by atoms with Gasteiger partial charge in [0.25, 0.3) is 0 Å². The molecular weight excluding hydrogens is 302 g/mol. The summed E-state index contributed by atoms with van der Waals surface area (Å²) in [5, 5.41) is 12.4. The second-order valence-electron chi connectivity index (χ2n) is 6.29. The van der Waals surface area contributed by atoms with Gasteiger partial charge >= 0.3 is 5.97 Å². The minimum Gasteiger partial charge on any atom is -0.496 e. The second-order valence-corrected chi connectivity index (χ2v) is 6.29. The summed E-state index contributed by atoms with van der Waals surface area (Å²) in [6.45, 7) is 4.50. The lowest BCUT2D eigenvalue weighted by molar-refractivity contribution is -0.140. The fourth-order valence-corrected chi connectivity index (χ4v) is 2.68. The van der Waals surface area contributed by atoms with Crippen LogP contribution in [0.3, 0.4) is 0 Å². The van der Waals surface area contributed by atoms with E-state index in [-0.39, 0.29) is 0 Å². The molecule has 0 amide bonds. The molecule has 0 spiro atoms. The SMILES string of the molecule is COc1cc(-c2ccccc2)ccc1CNC(CC(C)C)C(=O)O. The van der Waals surface area contributed by atoms with Crippen molar-refractivity contribution in [2.75, 3.05) is 7.11 Å². The largest absolute Gasteiger partial charge is 0.496 e. The Morgan fingerprint density at radius 3 is 2.42 bits per heavy atom. The summed E-state index contributed by atoms with van der Waals surface area (Å²) in [5.74, 6) is 0.266. The Morgan fingerprint density at radius 1 is 1.12 bits per heavy atom. The first-order valence-electron chi connectivity index (χ1n) is 8.19. The number of carbonyl (C=O) groups is 1. The van der Waals surface area contributed by atoms with E-state index in [4.69, 9.17) is 4.74 Å². The summed E-state index contributed by atoms with van der Waals surface area (Å²) in [6.07, 6.45) is 0.597. The van der Waals surface area contributed by atoms with Gasteiger partial charge in [-0.05, 0) is 29.5 Å². The highest BCUT2D eigenvalue weighted by atomic mass is 16.5. The number of hydrogen-bond donors (Lipinski definition) is 2. The first-order valence-corrected chi connectivity index (χ1v) is 8.19. The molecule has 0 saturated heterocycles. The van der Waals surface area contributed by atoms with E-state index < -0.39 is 12.0 Å². The third-order valence-electron chi connectivity index (χ3n) is 3.94. The van der Waals surface area contributed by atoms with E-state index in [1.807, 2.05) is 50.2 Å². The van der Waals surface area contributed by atoms with Crippen molar-refractivity contribution in [3.8, 4) is 16.9 Å². The molecule has 4 nitrogen and oxygen atoms in total. The van der Waals surface area contributed by atoms with E-state index in [1.54, 1.807) is 7.11 Å². The number of benzene rings is 2. The van der Waals surface area contributed by atoms with Gasteiger partial charge in [-0.1, -0.05) is 56.3 Å². The highest BCUT2D eigenvalue weighted by Crippen LogP contribution is 2.27. The van der Waals surface area contributed by atoms with Crippen molar-refractivity contribution < 1.29 is 14.6 Å². The molecule has 0 radical (unpaired) electrons. The van der Waals surface area contributed by atoms with Crippen LogP contribution in [0.1, 0.15) is 25.8 Å². The molecule has 0 aromatic heterocycles. The Morgan fingerprint density at radius 2 is 1.83 bits per heavy atom. The molecule has 0 aliphatic rings. The quantitative estimate of drug-likeness (QED) is 0.771. The summed E-state index contributed by atoms with van der Waals surface area (Å²) >= 11 is 0. The molecule has 2 aromatic rings. The molecule has 1 atom stereocenters. The third kappa shape index (κ3) is 4.83. The highest BCUT2D eigenvalue weighted by molar-refractivity contribution is 5.73. The molecule has 4 heteroatoms. The van der Waals surface area contributed by atoms with Crippen LogP contribution < -0.4 is 10.1 Å². The van der Waals surface area contributed by atoms with Crippen LogP contribution in [0.25, 0.3) is 11.1 Å². The minimum absolute atomic E-state index is 0.320. The standard InChI is InChI=1S/C20H25NO3/c1-14(2)11-18(20(22)23)21-13-17-10-9-16(12-19(17)24-3)15-7-5-4-6-8-15/h4-10,12,14,18,21H,11,13H2,1-3H3,(H,22,23). The van der Waals surface area contributed by atoms with E-state index >= 15 is 0 Å². The second kappa shape index (κ2) is 8.50. The van der Waals surface area contributed by atoms with Gasteiger partial charge in [0.1, 0.15) is 11.8 Å². The maximum Gasteiger partial charge on any atom is 0.320 e. The molecule has 0 heterocycles. The van der Waals surface area contributed by atoms with Crippen molar-refractivity contribution in [3.63, 3.8) is 0 Å². The number of aliphatic carboxylic acids is 1. The number of carboxylic acid groups (broad SMARTS) is 1. The molecule has 0 fully saturated rings. The van der Waals surface area contributed by atoms with Gasteiger partial charge in [0.2, 0.25) is 0 Å². The summed E-state index contributed by atoms with van der Waals surface area (Å²) in [7, 11) is 1.64. The monoisotopic (exact) mass is 327 g/mol. The number of hydrogen-bond acceptors (Lipinski definition) is 3. The summed E-state index contributed by atoms with van der Waals surface area (Å²) < 4.78 is 5.49. The Balaban J connectivity index is 2.14. The fourth-order valence-electron chi connectivity index (χ4n) is 2.68. The lowest BCUT2D eigenvalue weighted by atomic mass is 10.0. The highest BCUT2D eigenvalue weighted by Gasteiger charge is 2.18. The van der Waals surface area contributed by atoms with E-state index in [0.29, 0.717) is 18.9 Å². The number of rotatable bonds is 8. The minimum atomic E-state index is -0.816. The Bertz CT molecular complexity index is 668. The van der Waals surface area contributed by atoms with E-state index in [2.05, 4.69) is 17.4 Å². The Hall–Kier alpha value is -2.33. The van der Waals surface area contributed by atoms with Crippen LogP contribution in [0.4, 0.5) is 0 Å². The number of carboxylic acids is 1. The molecular formula is C20H25NO3. The van der Waals surface area contributed by atoms with Crippen molar-refractivity contribution in [2.45, 2.75) is 32.9 Å². The number of ether oxygens (including phenoxy) is 1. The summed E-state index contributed by atoms with van der Waals surface area (Å²) in [4.78, 5) is 11.4. The van der Waals surface area contributed by atoms with Crippen LogP contribution in [0, 0.1) is 5.92 Å². The Kier molecular flexibility index (Phi) is 6.38. The molecule has 0 aliphatic carbocycles. The van der Waals surface area contributed by atoms with Gasteiger partial charge in [0.15, 0.2) is 0 Å². The van der Waals surface area contributed by atoms with Crippen molar-refractivity contribution in [3.05, 3.63) is 54.1 Å². The van der Waals surface area contributed by atoms with Gasteiger partial charge < -0.3 is 15.2 Å². The lowest BCUT2D eigenvalue weighted by Gasteiger charge is -2.18. The molecule has 2 aromatic carbocycles. The first kappa shape index (κ1) is 18.0. The van der Waals surface area contributed by atoms with Crippen molar-refractivity contribution >= 4 is 5.97 Å². The summed E-state index contributed by atoms with van der Waals surface area (Å²) in [6, 6.07) is 15.6. The van der Waals surface area contributed by atoms with Gasteiger partial charge in [0.05, 0.1) is 7.11 Å². The number of nitrogens with one attached hydrogen (secondary N) is 1. The van der Waals surface area contributed by atoms with Crippen LogP contribution in [0.15, 0.2) is 48.5 Å². The van der Waals surface area contributed by atoms with Crippen molar-refractivity contribution in [1.82, 2.24) is 5.32 Å². The zero-order chi connectivity index (χ0) is 17.5. The van der Waals surface area contributed by atoms with E-state index in [9.17, 15) is 9.90 Å². The molecule has 0 aliphatic heterocycles. The van der Waals surface area contributed by atoms with Gasteiger partial charge in [0, 0.05) is 12.1 Å². The molecule has 2 rings (SSSR count). The van der Waals surface area contributed by atoms with Crippen LogP contribution >= 0.6 is 0 Å². The topological polar surface area (TPSA) is 58.6 Å². The maximum atomic E-state index is 11.4. The van der Waals surface area contributed by atoms with Gasteiger partial charge in [-0.15, -0.1) is 0 Å². The molecule has 1 unspecified atom stereocenters. The average Bonchev–Trinajstić information content (AvgIpc) is 2.58. The molecule has 128 valence electrons. The normalized spacial score (nSPS) is 12.2. The van der Waals surface area contributed by atoms with Gasteiger partial charge in [-0.3, -0.25) is 4.79 Å². The first-order chi connectivity index (χ1) is 11.5. The van der Waals surface area contributed by atoms with Crippen molar-refractivity contribution in [2.24, 2.45) is 5.92 Å². The van der Waals surface area contributed by atoms with Crippen LogP contribution in [-0.4, -0.2) is 24.2 Å². The zero-order valence-corrected chi connectivity index (χ0v) is 14.5. The zero-order valence-electron chi connectivity index (χ0n) is 14.5.